The van der Waals surface area contributed by atoms with Gasteiger partial charge in [0.15, 0.2) is 11.6 Å². The second kappa shape index (κ2) is 5.80. The van der Waals surface area contributed by atoms with Crippen LogP contribution in [0.25, 0.3) is 0 Å². The molecule has 0 saturated heterocycles. The molecule has 1 rings (SSSR count). The molecule has 0 aromatic heterocycles. The van der Waals surface area contributed by atoms with Crippen LogP contribution in [0, 0.1) is 5.82 Å². The van der Waals surface area contributed by atoms with E-state index in [9.17, 15) is 4.39 Å². The summed E-state index contributed by atoms with van der Waals surface area (Å²) in [4.78, 5) is 0.187. The molecule has 0 spiro atoms. The number of benzene rings is 1. The van der Waals surface area contributed by atoms with Crippen molar-refractivity contribution in [2.45, 2.75) is 32.8 Å². The number of hydrogen-bond donors (Lipinski definition) is 1. The first-order valence-corrected chi connectivity index (χ1v) is 5.71. The molecule has 4 heteroatoms. The second-order valence-corrected chi connectivity index (χ2v) is 4.17. The van der Waals surface area contributed by atoms with Gasteiger partial charge in [-0.05, 0) is 31.5 Å². The van der Waals surface area contributed by atoms with E-state index in [4.69, 9.17) is 22.7 Å². The van der Waals surface area contributed by atoms with Crippen molar-refractivity contribution in [3.05, 3.63) is 29.6 Å². The first-order chi connectivity index (χ1) is 7.54. The van der Waals surface area contributed by atoms with Gasteiger partial charge in [0.2, 0.25) is 0 Å². The molecule has 0 aliphatic carbocycles. The Morgan fingerprint density at radius 2 is 2.25 bits per heavy atom. The summed E-state index contributed by atoms with van der Waals surface area (Å²) >= 11 is 4.76. The van der Waals surface area contributed by atoms with Gasteiger partial charge in [-0.25, -0.2) is 4.39 Å². The minimum atomic E-state index is -0.423. The lowest BCUT2D eigenvalue weighted by molar-refractivity contribution is 0.201. The van der Waals surface area contributed by atoms with E-state index in [1.54, 1.807) is 12.1 Å². The molecule has 0 fully saturated rings. The minimum Gasteiger partial charge on any atom is -0.488 e. The fourth-order valence-electron chi connectivity index (χ4n) is 1.43. The van der Waals surface area contributed by atoms with E-state index in [1.807, 2.05) is 6.92 Å². The van der Waals surface area contributed by atoms with Crippen molar-refractivity contribution in [2.24, 2.45) is 5.73 Å². The SMILES string of the molecule is CCCC(C)Oc1ccc(C(N)=S)cc1F. The van der Waals surface area contributed by atoms with Crippen LogP contribution in [0.15, 0.2) is 18.2 Å². The third-order valence-corrected chi connectivity index (χ3v) is 2.48. The third-order valence-electron chi connectivity index (χ3n) is 2.24. The highest BCUT2D eigenvalue weighted by molar-refractivity contribution is 7.80. The molecule has 1 aromatic carbocycles. The number of nitrogens with two attached hydrogens (primary N) is 1. The maximum atomic E-state index is 13.6. The van der Waals surface area contributed by atoms with E-state index in [2.05, 4.69) is 6.92 Å². The number of hydrogen-bond acceptors (Lipinski definition) is 2. The van der Waals surface area contributed by atoms with Crippen molar-refractivity contribution in [1.29, 1.82) is 0 Å². The Kier molecular flexibility index (Phi) is 4.68. The molecule has 0 saturated carbocycles. The summed E-state index contributed by atoms with van der Waals surface area (Å²) < 4.78 is 19.0. The van der Waals surface area contributed by atoms with Gasteiger partial charge in [-0.15, -0.1) is 0 Å². The molecule has 0 heterocycles. The van der Waals surface area contributed by atoms with Crippen LogP contribution in [0.5, 0.6) is 5.75 Å². The normalized spacial score (nSPS) is 12.2. The number of rotatable bonds is 5. The van der Waals surface area contributed by atoms with E-state index >= 15 is 0 Å². The molecule has 0 amide bonds. The summed E-state index contributed by atoms with van der Waals surface area (Å²) in [5.74, 6) is -0.172. The van der Waals surface area contributed by atoms with Crippen LogP contribution in [0.1, 0.15) is 32.3 Å². The number of halogens is 1. The first kappa shape index (κ1) is 12.9. The van der Waals surface area contributed by atoms with E-state index in [0.717, 1.165) is 12.8 Å². The topological polar surface area (TPSA) is 35.2 Å². The predicted molar refractivity (Wildman–Crippen MR) is 67.3 cm³/mol. The Balaban J connectivity index is 2.79. The highest BCUT2D eigenvalue weighted by Gasteiger charge is 2.09. The zero-order chi connectivity index (χ0) is 12.1. The molecule has 16 heavy (non-hydrogen) atoms. The molecular formula is C12H16FNOS. The van der Waals surface area contributed by atoms with Crippen molar-refractivity contribution >= 4 is 17.2 Å². The summed E-state index contributed by atoms with van der Waals surface area (Å²) in [5.41, 5.74) is 5.92. The number of thiocarbonyl (C=S) groups is 1. The summed E-state index contributed by atoms with van der Waals surface area (Å²) in [5, 5.41) is 0. The molecule has 0 bridgehead atoms. The van der Waals surface area contributed by atoms with E-state index < -0.39 is 5.82 Å². The van der Waals surface area contributed by atoms with Crippen LogP contribution in [0.3, 0.4) is 0 Å². The fraction of sp³-hybridized carbons (Fsp3) is 0.417. The zero-order valence-electron chi connectivity index (χ0n) is 9.50. The lowest BCUT2D eigenvalue weighted by atomic mass is 10.2. The monoisotopic (exact) mass is 241 g/mol. The molecule has 0 aliphatic rings. The lowest BCUT2D eigenvalue weighted by Gasteiger charge is -2.14. The van der Waals surface area contributed by atoms with E-state index in [-0.39, 0.29) is 16.8 Å². The van der Waals surface area contributed by atoms with Crippen LogP contribution in [-0.4, -0.2) is 11.1 Å². The second-order valence-electron chi connectivity index (χ2n) is 3.73. The molecule has 88 valence electrons. The van der Waals surface area contributed by atoms with Crippen molar-refractivity contribution < 1.29 is 9.13 Å². The molecule has 1 unspecified atom stereocenters. The lowest BCUT2D eigenvalue weighted by Crippen LogP contribution is -2.13. The fourth-order valence-corrected chi connectivity index (χ4v) is 1.56. The summed E-state index contributed by atoms with van der Waals surface area (Å²) in [6.45, 7) is 3.98. The Morgan fingerprint density at radius 1 is 1.56 bits per heavy atom. The predicted octanol–water partition coefficient (Wildman–Crippen LogP) is 3.03. The molecule has 2 N–H and O–H groups in total. The largest absolute Gasteiger partial charge is 0.488 e. The average molecular weight is 241 g/mol. The highest BCUT2D eigenvalue weighted by Crippen LogP contribution is 2.20. The summed E-state index contributed by atoms with van der Waals surface area (Å²) in [6.07, 6.45) is 1.92. The van der Waals surface area contributed by atoms with Crippen molar-refractivity contribution in [3.8, 4) is 5.75 Å². The van der Waals surface area contributed by atoms with Crippen LogP contribution >= 0.6 is 12.2 Å². The van der Waals surface area contributed by atoms with Crippen molar-refractivity contribution in [3.63, 3.8) is 0 Å². The Hall–Kier alpha value is -1.16. The summed E-state index contributed by atoms with van der Waals surface area (Å²) in [7, 11) is 0. The molecule has 1 aromatic rings. The molecule has 0 aliphatic heterocycles. The Morgan fingerprint density at radius 3 is 2.75 bits per heavy atom. The van der Waals surface area contributed by atoms with Gasteiger partial charge in [0.05, 0.1) is 6.10 Å². The minimum absolute atomic E-state index is 0.00942. The smallest absolute Gasteiger partial charge is 0.165 e. The van der Waals surface area contributed by atoms with Crippen molar-refractivity contribution in [1.82, 2.24) is 0 Å². The van der Waals surface area contributed by atoms with Gasteiger partial charge >= 0.3 is 0 Å². The standard InChI is InChI=1S/C12H16FNOS/c1-3-4-8(2)15-11-6-5-9(12(14)16)7-10(11)13/h5-8H,3-4H2,1-2H3,(H2,14,16). The van der Waals surface area contributed by atoms with Gasteiger partial charge < -0.3 is 10.5 Å². The van der Waals surface area contributed by atoms with Gasteiger partial charge in [0.25, 0.3) is 0 Å². The molecule has 0 radical (unpaired) electrons. The molecular weight excluding hydrogens is 225 g/mol. The quantitative estimate of drug-likeness (QED) is 0.805. The van der Waals surface area contributed by atoms with Crippen LogP contribution in [0.2, 0.25) is 0 Å². The summed E-state index contributed by atoms with van der Waals surface area (Å²) in [6, 6.07) is 4.53. The molecule has 2 nitrogen and oxygen atoms in total. The third kappa shape index (κ3) is 3.45. The Bertz CT molecular complexity index is 381. The van der Waals surface area contributed by atoms with E-state index in [0.29, 0.717) is 5.56 Å². The maximum absolute atomic E-state index is 13.6. The van der Waals surface area contributed by atoms with Gasteiger partial charge in [0.1, 0.15) is 4.99 Å². The zero-order valence-corrected chi connectivity index (χ0v) is 10.3. The van der Waals surface area contributed by atoms with Crippen LogP contribution in [-0.2, 0) is 0 Å². The first-order valence-electron chi connectivity index (χ1n) is 5.30. The van der Waals surface area contributed by atoms with E-state index in [1.165, 1.54) is 6.07 Å². The van der Waals surface area contributed by atoms with Gasteiger partial charge in [0, 0.05) is 5.56 Å². The highest BCUT2D eigenvalue weighted by atomic mass is 32.1. The van der Waals surface area contributed by atoms with Gasteiger partial charge in [-0.2, -0.15) is 0 Å². The Labute approximate surface area is 101 Å². The van der Waals surface area contributed by atoms with Crippen molar-refractivity contribution in [2.75, 3.05) is 0 Å². The number of ether oxygens (including phenoxy) is 1. The molecule has 1 atom stereocenters. The van der Waals surface area contributed by atoms with Crippen LogP contribution in [0.4, 0.5) is 4.39 Å². The maximum Gasteiger partial charge on any atom is 0.165 e. The van der Waals surface area contributed by atoms with Gasteiger partial charge in [-0.3, -0.25) is 0 Å². The average Bonchev–Trinajstić information content (AvgIpc) is 2.21. The van der Waals surface area contributed by atoms with Crippen LogP contribution < -0.4 is 10.5 Å². The van der Waals surface area contributed by atoms with Gasteiger partial charge in [-0.1, -0.05) is 25.6 Å².